The van der Waals surface area contributed by atoms with Gasteiger partial charge in [0.1, 0.15) is 0 Å². The minimum absolute atomic E-state index is 0.0864. The molecular formula is C14H16N8OS. The maximum atomic E-state index is 12.3. The van der Waals surface area contributed by atoms with Crippen molar-refractivity contribution >= 4 is 23.9 Å². The molecule has 2 N–H and O–H groups in total. The van der Waals surface area contributed by atoms with E-state index >= 15 is 0 Å². The van der Waals surface area contributed by atoms with E-state index in [1.807, 2.05) is 24.5 Å². The van der Waals surface area contributed by atoms with Crippen LogP contribution in [0.2, 0.25) is 0 Å². The third-order valence-corrected chi connectivity index (χ3v) is 4.21. The van der Waals surface area contributed by atoms with Gasteiger partial charge in [0.05, 0.1) is 6.54 Å². The van der Waals surface area contributed by atoms with Crippen LogP contribution in [0.1, 0.15) is 46.7 Å². The van der Waals surface area contributed by atoms with Crippen molar-refractivity contribution < 1.29 is 4.79 Å². The number of amides is 1. The molecule has 0 radical (unpaired) electrons. The zero-order valence-corrected chi connectivity index (χ0v) is 14.1. The van der Waals surface area contributed by atoms with Gasteiger partial charge in [0.15, 0.2) is 10.6 Å². The molecule has 124 valence electrons. The fourth-order valence-electron chi connectivity index (χ4n) is 2.67. The van der Waals surface area contributed by atoms with Crippen molar-refractivity contribution in [3.8, 4) is 0 Å². The molecule has 3 heterocycles. The first-order valence-corrected chi connectivity index (χ1v) is 8.09. The zero-order valence-electron chi connectivity index (χ0n) is 13.3. The number of nitrogens with zero attached hydrogens (tertiary/aromatic N) is 6. The molecule has 10 heteroatoms. The van der Waals surface area contributed by atoms with Gasteiger partial charge < -0.3 is 5.32 Å². The van der Waals surface area contributed by atoms with Crippen LogP contribution in [0.15, 0.2) is 6.07 Å². The van der Waals surface area contributed by atoms with Gasteiger partial charge >= 0.3 is 0 Å². The lowest BCUT2D eigenvalue weighted by Crippen LogP contribution is -2.26. The number of rotatable bonds is 4. The van der Waals surface area contributed by atoms with Crippen molar-refractivity contribution in [1.29, 1.82) is 0 Å². The number of hydrogen-bond acceptors (Lipinski definition) is 6. The van der Waals surface area contributed by atoms with Gasteiger partial charge in [-0.1, -0.05) is 0 Å². The van der Waals surface area contributed by atoms with Crippen molar-refractivity contribution in [1.82, 2.24) is 39.7 Å². The van der Waals surface area contributed by atoms with Crippen LogP contribution in [0.3, 0.4) is 0 Å². The number of aromatic amines is 1. The van der Waals surface area contributed by atoms with E-state index in [1.165, 1.54) is 0 Å². The van der Waals surface area contributed by atoms with E-state index in [2.05, 4.69) is 30.6 Å². The van der Waals surface area contributed by atoms with Crippen LogP contribution < -0.4 is 5.32 Å². The minimum Gasteiger partial charge on any atom is -0.342 e. The smallest absolute Gasteiger partial charge is 0.291 e. The van der Waals surface area contributed by atoms with Crippen LogP contribution >= 0.6 is 12.2 Å². The van der Waals surface area contributed by atoms with Crippen LogP contribution in [-0.2, 0) is 6.54 Å². The molecule has 0 bridgehead atoms. The monoisotopic (exact) mass is 344 g/mol. The van der Waals surface area contributed by atoms with E-state index in [9.17, 15) is 4.79 Å². The van der Waals surface area contributed by atoms with Crippen LogP contribution in [0.25, 0.3) is 5.78 Å². The number of hydrogen-bond donors (Lipinski definition) is 2. The number of aryl methyl sites for hydroxylation is 2. The fraction of sp³-hybridized carbons (Fsp3) is 0.429. The molecule has 0 spiro atoms. The Balaban J connectivity index is 1.54. The lowest BCUT2D eigenvalue weighted by atomic mass is 10.4. The average Bonchev–Trinajstić information content (AvgIpc) is 3.16. The standard InChI is InChI=1S/C14H16N8OS/c1-7-5-8(2)22-13(16-7)17-11(20-22)12(23)15-6-10-18-19-14(24)21(10)9-3-4-9/h5,9H,3-4,6H2,1-2H3,(H,15,23)(H,19,24). The van der Waals surface area contributed by atoms with Gasteiger partial charge in [0, 0.05) is 17.4 Å². The molecular weight excluding hydrogens is 328 g/mol. The van der Waals surface area contributed by atoms with E-state index in [0.29, 0.717) is 22.4 Å². The lowest BCUT2D eigenvalue weighted by Gasteiger charge is -2.05. The molecule has 24 heavy (non-hydrogen) atoms. The second-order valence-electron chi connectivity index (χ2n) is 5.91. The second kappa shape index (κ2) is 5.48. The Morgan fingerprint density at radius 2 is 2.21 bits per heavy atom. The molecule has 9 nitrogen and oxygen atoms in total. The van der Waals surface area contributed by atoms with Crippen molar-refractivity contribution in [2.24, 2.45) is 0 Å². The van der Waals surface area contributed by atoms with Gasteiger partial charge in [-0.3, -0.25) is 14.5 Å². The first-order chi connectivity index (χ1) is 11.5. The quantitative estimate of drug-likeness (QED) is 0.690. The second-order valence-corrected chi connectivity index (χ2v) is 6.30. The Morgan fingerprint density at radius 1 is 1.42 bits per heavy atom. The lowest BCUT2D eigenvalue weighted by molar-refractivity contribution is 0.0939. The molecule has 1 amide bonds. The largest absolute Gasteiger partial charge is 0.342 e. The van der Waals surface area contributed by atoms with Crippen LogP contribution in [0, 0.1) is 18.6 Å². The topological polar surface area (TPSA) is 106 Å². The summed E-state index contributed by atoms with van der Waals surface area (Å²) in [4.78, 5) is 20.8. The Morgan fingerprint density at radius 3 is 2.96 bits per heavy atom. The summed E-state index contributed by atoms with van der Waals surface area (Å²) in [7, 11) is 0. The number of carbonyl (C=O) groups is 1. The number of nitrogens with one attached hydrogen (secondary N) is 2. The number of aromatic nitrogens is 7. The molecule has 1 aliphatic carbocycles. The highest BCUT2D eigenvalue weighted by molar-refractivity contribution is 7.71. The SMILES string of the molecule is Cc1cc(C)n2nc(C(=O)NCc3n[nH]c(=S)n3C3CC3)nc2n1. The molecule has 1 aliphatic rings. The summed E-state index contributed by atoms with van der Waals surface area (Å²) in [6.45, 7) is 4.04. The zero-order chi connectivity index (χ0) is 16.8. The Labute approximate surface area is 142 Å². The van der Waals surface area contributed by atoms with Crippen LogP contribution in [0.5, 0.6) is 0 Å². The predicted octanol–water partition coefficient (Wildman–Crippen LogP) is 1.26. The number of carbonyl (C=O) groups excluding carboxylic acids is 1. The molecule has 4 rings (SSSR count). The van der Waals surface area contributed by atoms with E-state index in [0.717, 1.165) is 24.2 Å². The first-order valence-electron chi connectivity index (χ1n) is 7.68. The minimum atomic E-state index is -0.367. The maximum absolute atomic E-state index is 12.3. The predicted molar refractivity (Wildman–Crippen MR) is 87.1 cm³/mol. The summed E-state index contributed by atoms with van der Waals surface area (Å²) in [5, 5.41) is 14.0. The third kappa shape index (κ3) is 2.58. The van der Waals surface area contributed by atoms with Crippen molar-refractivity contribution in [2.75, 3.05) is 0 Å². The Hall–Kier alpha value is -2.62. The van der Waals surface area contributed by atoms with Crippen LogP contribution in [-0.4, -0.2) is 40.3 Å². The van der Waals surface area contributed by atoms with E-state index < -0.39 is 0 Å². The molecule has 1 fully saturated rings. The molecule has 3 aromatic heterocycles. The van der Waals surface area contributed by atoms with Crippen molar-refractivity contribution in [2.45, 2.75) is 39.3 Å². The summed E-state index contributed by atoms with van der Waals surface area (Å²) in [6.07, 6.45) is 2.18. The van der Waals surface area contributed by atoms with Gasteiger partial charge in [-0.25, -0.2) is 9.50 Å². The molecule has 3 aromatic rings. The van der Waals surface area contributed by atoms with Crippen molar-refractivity contribution in [3.05, 3.63) is 33.9 Å². The van der Waals surface area contributed by atoms with Gasteiger partial charge in [-0.2, -0.15) is 10.1 Å². The van der Waals surface area contributed by atoms with E-state index in [4.69, 9.17) is 12.2 Å². The van der Waals surface area contributed by atoms with Crippen LogP contribution in [0.4, 0.5) is 0 Å². The fourth-order valence-corrected chi connectivity index (χ4v) is 2.97. The van der Waals surface area contributed by atoms with Gasteiger partial charge in [-0.15, -0.1) is 5.10 Å². The maximum Gasteiger partial charge on any atom is 0.291 e. The summed E-state index contributed by atoms with van der Waals surface area (Å²) in [5.41, 5.74) is 1.71. The summed E-state index contributed by atoms with van der Waals surface area (Å²) in [6, 6.07) is 2.28. The normalized spacial score (nSPS) is 14.2. The van der Waals surface area contributed by atoms with Gasteiger partial charge in [0.25, 0.3) is 11.7 Å². The highest BCUT2D eigenvalue weighted by Gasteiger charge is 2.27. The highest BCUT2D eigenvalue weighted by atomic mass is 32.1. The molecule has 1 saturated carbocycles. The van der Waals surface area contributed by atoms with Crippen molar-refractivity contribution in [3.63, 3.8) is 0 Å². The first kappa shape index (κ1) is 14.9. The van der Waals surface area contributed by atoms with E-state index in [1.54, 1.807) is 4.52 Å². The van der Waals surface area contributed by atoms with Gasteiger partial charge in [-0.05, 0) is 45.0 Å². The van der Waals surface area contributed by atoms with Gasteiger partial charge in [0.2, 0.25) is 5.82 Å². The molecule has 0 saturated heterocycles. The molecule has 0 atom stereocenters. The molecule has 0 unspecified atom stereocenters. The van der Waals surface area contributed by atoms with E-state index in [-0.39, 0.29) is 18.3 Å². The molecule has 0 aromatic carbocycles. The number of H-pyrrole nitrogens is 1. The Bertz CT molecular complexity index is 996. The summed E-state index contributed by atoms with van der Waals surface area (Å²) < 4.78 is 4.10. The third-order valence-electron chi connectivity index (χ3n) is 3.92. The Kier molecular flexibility index (Phi) is 3.41. The highest BCUT2D eigenvalue weighted by Crippen LogP contribution is 2.35. The number of fused-ring (bicyclic) bond motifs is 1. The average molecular weight is 344 g/mol. The summed E-state index contributed by atoms with van der Waals surface area (Å²) in [5.74, 6) is 0.847. The molecule has 0 aliphatic heterocycles. The summed E-state index contributed by atoms with van der Waals surface area (Å²) >= 11 is 5.23.